The van der Waals surface area contributed by atoms with Gasteiger partial charge in [0.15, 0.2) is 29.1 Å². The third kappa shape index (κ3) is 6.12. The minimum atomic E-state index is -2.02. The fourth-order valence-corrected chi connectivity index (χ4v) is 4.46. The molecule has 4 aromatic rings. The van der Waals surface area contributed by atoms with Gasteiger partial charge in [-0.2, -0.15) is 0 Å². The summed E-state index contributed by atoms with van der Waals surface area (Å²) in [5, 5.41) is 69.9. The van der Waals surface area contributed by atoms with Crippen LogP contribution in [0, 0.1) is 0 Å². The van der Waals surface area contributed by atoms with Crippen LogP contribution in [0.1, 0.15) is 5.56 Å². The highest BCUT2D eigenvalue weighted by molar-refractivity contribution is 5.88. The molecule has 1 aliphatic rings. The highest BCUT2D eigenvalue weighted by Gasteiger charge is 2.51. The van der Waals surface area contributed by atoms with Gasteiger partial charge in [-0.25, -0.2) is 9.59 Å². The number of phenols is 4. The molecule has 5 atom stereocenters. The van der Waals surface area contributed by atoms with Crippen molar-refractivity contribution in [2.75, 3.05) is 0 Å². The third-order valence-electron chi connectivity index (χ3n) is 6.64. The molecule has 5 unspecified atom stereocenters. The highest BCUT2D eigenvalue weighted by atomic mass is 16.7. The van der Waals surface area contributed by atoms with Crippen LogP contribution in [0.5, 0.6) is 28.7 Å². The second-order valence-electron chi connectivity index (χ2n) is 9.68. The van der Waals surface area contributed by atoms with Crippen LogP contribution in [0.15, 0.2) is 76.0 Å². The number of aromatic hydroxyl groups is 4. The van der Waals surface area contributed by atoms with Gasteiger partial charge >= 0.3 is 11.9 Å². The van der Waals surface area contributed by atoms with Crippen molar-refractivity contribution in [1.82, 2.24) is 0 Å². The zero-order valence-electron chi connectivity index (χ0n) is 22.3. The Bertz CT molecular complexity index is 1810. The summed E-state index contributed by atoms with van der Waals surface area (Å²) in [4.78, 5) is 37.1. The van der Waals surface area contributed by atoms with Crippen molar-refractivity contribution in [3.63, 3.8) is 0 Å². The molecule has 44 heavy (non-hydrogen) atoms. The molecule has 0 bridgehead atoms. The highest BCUT2D eigenvalue weighted by Crippen LogP contribution is 2.34. The molecule has 7 N–H and O–H groups in total. The number of ether oxygens (including phenoxy) is 3. The predicted octanol–water partition coefficient (Wildman–Crippen LogP) is 1.82. The van der Waals surface area contributed by atoms with Crippen LogP contribution in [0.25, 0.3) is 28.4 Å². The van der Waals surface area contributed by atoms with Crippen LogP contribution in [-0.2, 0) is 19.1 Å². The zero-order chi connectivity index (χ0) is 31.7. The molecule has 14 nitrogen and oxygen atoms in total. The van der Waals surface area contributed by atoms with Crippen LogP contribution in [0.2, 0.25) is 0 Å². The number of esters is 1. The molecule has 1 aliphatic heterocycles. The van der Waals surface area contributed by atoms with Gasteiger partial charge in [-0.15, -0.1) is 0 Å². The van der Waals surface area contributed by atoms with Crippen LogP contribution in [-0.4, -0.2) is 78.4 Å². The molecule has 0 spiro atoms. The average Bonchev–Trinajstić information content (AvgIpc) is 2.97. The number of benzene rings is 3. The minimum absolute atomic E-state index is 0.0122. The quantitative estimate of drug-likeness (QED) is 0.0901. The Morgan fingerprint density at radius 2 is 1.57 bits per heavy atom. The van der Waals surface area contributed by atoms with Crippen molar-refractivity contribution in [2.24, 2.45) is 0 Å². The lowest BCUT2D eigenvalue weighted by atomic mass is 9.98. The van der Waals surface area contributed by atoms with Gasteiger partial charge in [0.25, 0.3) is 0 Å². The fraction of sp³-hybridized carbons (Fsp3) is 0.167. The smallest absolute Gasteiger partial charge is 0.337 e. The second kappa shape index (κ2) is 12.0. The van der Waals surface area contributed by atoms with E-state index in [-0.39, 0.29) is 39.5 Å². The molecule has 0 radical (unpaired) electrons. The van der Waals surface area contributed by atoms with Gasteiger partial charge in [-0.1, -0.05) is 6.07 Å². The van der Waals surface area contributed by atoms with E-state index in [1.807, 2.05) is 0 Å². The molecular formula is C30H24O14. The molecule has 0 aliphatic carbocycles. The Balaban J connectivity index is 1.36. The number of aliphatic hydroxyl groups is 2. The molecule has 1 saturated heterocycles. The van der Waals surface area contributed by atoms with Gasteiger partial charge in [-0.05, 0) is 48.0 Å². The Kier molecular flexibility index (Phi) is 8.13. The van der Waals surface area contributed by atoms with Crippen LogP contribution in [0.4, 0.5) is 0 Å². The number of rotatable bonds is 7. The Morgan fingerprint density at radius 1 is 0.841 bits per heavy atom. The number of phenolic OH excluding ortho intramolecular Hbond substituents is 4. The van der Waals surface area contributed by atoms with Crippen molar-refractivity contribution in [2.45, 2.75) is 30.7 Å². The first-order valence-corrected chi connectivity index (χ1v) is 12.8. The molecule has 2 heterocycles. The average molecular weight is 609 g/mol. The topological polar surface area (TPSA) is 234 Å². The van der Waals surface area contributed by atoms with Gasteiger partial charge in [0, 0.05) is 29.8 Å². The van der Waals surface area contributed by atoms with Gasteiger partial charge < -0.3 is 54.4 Å². The summed E-state index contributed by atoms with van der Waals surface area (Å²) in [6, 6.07) is 12.8. The lowest BCUT2D eigenvalue weighted by Crippen LogP contribution is -2.62. The fourth-order valence-electron chi connectivity index (χ4n) is 4.46. The lowest BCUT2D eigenvalue weighted by Gasteiger charge is -2.39. The van der Waals surface area contributed by atoms with Crippen LogP contribution >= 0.6 is 0 Å². The summed E-state index contributed by atoms with van der Waals surface area (Å²) in [6.45, 7) is 0. The number of aliphatic hydroxyl groups excluding tert-OH is 2. The number of fused-ring (bicyclic) bond motifs is 1. The Morgan fingerprint density at radius 3 is 2.25 bits per heavy atom. The van der Waals surface area contributed by atoms with E-state index >= 15 is 0 Å². The van der Waals surface area contributed by atoms with E-state index in [1.54, 1.807) is 0 Å². The Labute approximate surface area is 246 Å². The molecule has 0 saturated carbocycles. The third-order valence-corrected chi connectivity index (χ3v) is 6.64. The molecular weight excluding hydrogens is 584 g/mol. The number of carbonyl (C=O) groups is 2. The lowest BCUT2D eigenvalue weighted by molar-refractivity contribution is -0.274. The first-order chi connectivity index (χ1) is 20.9. The monoisotopic (exact) mass is 608 g/mol. The summed E-state index contributed by atoms with van der Waals surface area (Å²) in [7, 11) is 0. The number of aliphatic carboxylic acids is 1. The summed E-state index contributed by atoms with van der Waals surface area (Å²) in [6.07, 6.45) is -7.67. The second-order valence-corrected chi connectivity index (χ2v) is 9.68. The first kappa shape index (κ1) is 29.9. The maximum absolute atomic E-state index is 12.7. The van der Waals surface area contributed by atoms with Crippen molar-refractivity contribution in [1.29, 1.82) is 0 Å². The number of hydrogen-bond acceptors (Lipinski definition) is 13. The number of carboxylic acid groups (broad SMARTS) is 1. The summed E-state index contributed by atoms with van der Waals surface area (Å²) >= 11 is 0. The normalized spacial score (nSPS) is 21.7. The zero-order valence-corrected chi connectivity index (χ0v) is 22.3. The van der Waals surface area contributed by atoms with Gasteiger partial charge in [-0.3, -0.25) is 4.79 Å². The molecule has 14 heteroatoms. The van der Waals surface area contributed by atoms with E-state index in [0.717, 1.165) is 24.3 Å². The largest absolute Gasteiger partial charge is 0.508 e. The van der Waals surface area contributed by atoms with E-state index in [2.05, 4.69) is 0 Å². The molecule has 1 fully saturated rings. The first-order valence-electron chi connectivity index (χ1n) is 12.8. The maximum atomic E-state index is 12.7. The summed E-state index contributed by atoms with van der Waals surface area (Å²) < 4.78 is 21.7. The van der Waals surface area contributed by atoms with Gasteiger partial charge in [0.1, 0.15) is 46.2 Å². The van der Waals surface area contributed by atoms with E-state index in [1.165, 1.54) is 48.5 Å². The molecule has 228 valence electrons. The van der Waals surface area contributed by atoms with Crippen molar-refractivity contribution < 1.29 is 64.0 Å². The van der Waals surface area contributed by atoms with E-state index < -0.39 is 59.6 Å². The van der Waals surface area contributed by atoms with E-state index in [0.29, 0.717) is 5.56 Å². The number of hydrogen-bond donors (Lipinski definition) is 7. The van der Waals surface area contributed by atoms with E-state index in [9.17, 15) is 50.1 Å². The van der Waals surface area contributed by atoms with Crippen molar-refractivity contribution in [3.05, 3.63) is 82.5 Å². The number of carbonyl (C=O) groups excluding carboxylic acids is 1. The van der Waals surface area contributed by atoms with Crippen LogP contribution in [0.3, 0.4) is 0 Å². The molecule has 0 amide bonds. The van der Waals surface area contributed by atoms with Crippen molar-refractivity contribution >= 4 is 29.0 Å². The number of carboxylic acids is 1. The minimum Gasteiger partial charge on any atom is -0.508 e. The molecule has 3 aromatic carbocycles. The van der Waals surface area contributed by atoms with Crippen molar-refractivity contribution in [3.8, 4) is 40.1 Å². The predicted molar refractivity (Wildman–Crippen MR) is 149 cm³/mol. The SMILES string of the molecule is O=C(/C=C/c1ccc(O)c(O)c1)OC1C(C(=O)O)OC(Oc2cc(O)c3c(=O)cc(-c4ccc(O)cc4)oc3c2)C(O)C1O. The summed E-state index contributed by atoms with van der Waals surface area (Å²) in [5.41, 5.74) is -0.0280. The Hall–Kier alpha value is -5.57. The molecule has 5 rings (SSSR count). The maximum Gasteiger partial charge on any atom is 0.337 e. The van der Waals surface area contributed by atoms with Gasteiger partial charge in [0.2, 0.25) is 6.29 Å². The van der Waals surface area contributed by atoms with Crippen LogP contribution < -0.4 is 10.2 Å². The standard InChI is InChI=1S/C30H24O14/c31-15-5-3-14(4-6-15)21-12-20(35)24-19(34)10-16(11-22(24)42-21)41-30-26(38)25(37)27(28(44-30)29(39)40)43-23(36)8-2-13-1-7-17(32)18(33)9-13/h1-12,25-28,30-34,37-38H,(H,39,40)/b8-2+. The molecule has 1 aromatic heterocycles. The summed E-state index contributed by atoms with van der Waals surface area (Å²) in [5.74, 6) is -4.35. The van der Waals surface area contributed by atoms with E-state index in [4.69, 9.17) is 18.6 Å². The van der Waals surface area contributed by atoms with Gasteiger partial charge in [0.05, 0.1) is 0 Å².